The van der Waals surface area contributed by atoms with Gasteiger partial charge in [-0.25, -0.2) is 0 Å². The maximum absolute atomic E-state index is 10.6. The first-order valence-corrected chi connectivity index (χ1v) is 3.87. The molecule has 0 aromatic rings. The highest BCUT2D eigenvalue weighted by Crippen LogP contribution is 1.95. The Balaban J connectivity index is 3.13. The largest absolute Gasteiger partial charge is 0.466 e. The fourth-order valence-corrected chi connectivity index (χ4v) is 0.730. The molecule has 0 atom stereocenters. The second kappa shape index (κ2) is 6.68. The van der Waals surface area contributed by atoms with Crippen molar-refractivity contribution in [3.63, 3.8) is 0 Å². The van der Waals surface area contributed by atoms with Crippen molar-refractivity contribution in [3.05, 3.63) is 0 Å². The molecule has 0 aliphatic rings. The minimum absolute atomic E-state index is 0.126. The smallest absolute Gasteiger partial charge is 0.305 e. The molecule has 0 rings (SSSR count). The lowest BCUT2D eigenvalue weighted by Gasteiger charge is -1.98. The van der Waals surface area contributed by atoms with Crippen LogP contribution >= 0.6 is 12.2 Å². The third kappa shape index (κ3) is 5.69. The monoisotopic (exact) mass is 160 g/mol. The first-order chi connectivity index (χ1) is 4.81. The maximum Gasteiger partial charge on any atom is 0.305 e. The average Bonchev–Trinajstić information content (AvgIpc) is 1.89. The van der Waals surface area contributed by atoms with E-state index in [4.69, 9.17) is 4.74 Å². The van der Waals surface area contributed by atoms with Crippen molar-refractivity contribution in [1.82, 2.24) is 0 Å². The number of hydrogen-bond acceptors (Lipinski definition) is 3. The first kappa shape index (κ1) is 9.56. The molecule has 0 N–H and O–H groups in total. The Kier molecular flexibility index (Phi) is 6.38. The summed E-state index contributed by atoms with van der Waals surface area (Å²) in [7, 11) is 0. The molecule has 0 amide bonds. The molecule has 2 nitrogen and oxygen atoms in total. The lowest BCUT2D eigenvalue weighted by Crippen LogP contribution is -2.02. The van der Waals surface area contributed by atoms with Gasteiger partial charge >= 0.3 is 5.97 Å². The van der Waals surface area contributed by atoms with Crippen molar-refractivity contribution in [2.24, 2.45) is 0 Å². The number of ether oxygens (including phenoxy) is 1. The fourth-order valence-electron chi connectivity index (χ4n) is 0.563. The van der Waals surface area contributed by atoms with Gasteiger partial charge in [0, 0.05) is 6.42 Å². The molecular formula is C7H12O2S. The fraction of sp³-hybridized carbons (Fsp3) is 0.714. The van der Waals surface area contributed by atoms with E-state index in [1.54, 1.807) is 12.3 Å². The molecular weight excluding hydrogens is 148 g/mol. The number of carbonyl (C=O) groups excluding carboxylic acids is 1. The molecule has 0 unspecified atom stereocenters. The zero-order valence-corrected chi connectivity index (χ0v) is 6.95. The summed E-state index contributed by atoms with van der Waals surface area (Å²) in [6.45, 7) is 2.27. The zero-order chi connectivity index (χ0) is 7.82. The zero-order valence-electron chi connectivity index (χ0n) is 6.13. The van der Waals surface area contributed by atoms with Crippen LogP contribution in [0.5, 0.6) is 0 Å². The van der Waals surface area contributed by atoms with E-state index in [9.17, 15) is 4.79 Å². The standard InChI is InChI=1S/C7H12O2S/c1-2-9-7(8)5-3-4-6-10/h6H,2-5H2,1H3. The van der Waals surface area contributed by atoms with Crippen LogP contribution in [0.3, 0.4) is 0 Å². The molecule has 0 aliphatic heterocycles. The van der Waals surface area contributed by atoms with Gasteiger partial charge in [-0.15, -0.1) is 0 Å². The molecule has 0 saturated heterocycles. The molecule has 10 heavy (non-hydrogen) atoms. The summed E-state index contributed by atoms with van der Waals surface area (Å²) < 4.78 is 4.70. The highest BCUT2D eigenvalue weighted by Gasteiger charge is 1.98. The van der Waals surface area contributed by atoms with Crippen LogP contribution in [-0.4, -0.2) is 17.9 Å². The van der Waals surface area contributed by atoms with Crippen LogP contribution < -0.4 is 0 Å². The Labute approximate surface area is 66.6 Å². The van der Waals surface area contributed by atoms with Gasteiger partial charge in [-0.05, 0) is 25.1 Å². The highest BCUT2D eigenvalue weighted by molar-refractivity contribution is 7.78. The van der Waals surface area contributed by atoms with Gasteiger partial charge in [-0.3, -0.25) is 4.79 Å². The molecule has 0 saturated carbocycles. The molecule has 0 heterocycles. The molecule has 0 spiro atoms. The molecule has 0 aromatic heterocycles. The van der Waals surface area contributed by atoms with E-state index in [0.29, 0.717) is 13.0 Å². The van der Waals surface area contributed by atoms with Crippen LogP contribution in [-0.2, 0) is 9.53 Å². The van der Waals surface area contributed by atoms with Crippen LogP contribution in [0.2, 0.25) is 0 Å². The van der Waals surface area contributed by atoms with E-state index in [2.05, 4.69) is 12.2 Å². The van der Waals surface area contributed by atoms with Gasteiger partial charge in [-0.1, -0.05) is 12.2 Å². The van der Waals surface area contributed by atoms with Crippen molar-refractivity contribution in [2.75, 3.05) is 6.61 Å². The SMILES string of the molecule is CCOC(=O)CCCC=S. The van der Waals surface area contributed by atoms with Crippen LogP contribution in [0, 0.1) is 0 Å². The molecule has 0 bridgehead atoms. The molecule has 0 fully saturated rings. The van der Waals surface area contributed by atoms with Crippen molar-refractivity contribution < 1.29 is 9.53 Å². The van der Waals surface area contributed by atoms with Gasteiger partial charge in [0.2, 0.25) is 0 Å². The predicted octanol–water partition coefficient (Wildman–Crippen LogP) is 1.72. The Bertz CT molecular complexity index is 112. The minimum atomic E-state index is -0.126. The van der Waals surface area contributed by atoms with E-state index in [1.165, 1.54) is 0 Å². The van der Waals surface area contributed by atoms with E-state index in [0.717, 1.165) is 12.8 Å². The van der Waals surface area contributed by atoms with Gasteiger partial charge in [0.1, 0.15) is 0 Å². The Morgan fingerprint density at radius 1 is 1.70 bits per heavy atom. The second-order valence-electron chi connectivity index (χ2n) is 1.86. The van der Waals surface area contributed by atoms with Gasteiger partial charge < -0.3 is 4.74 Å². The Morgan fingerprint density at radius 3 is 2.90 bits per heavy atom. The minimum Gasteiger partial charge on any atom is -0.466 e. The van der Waals surface area contributed by atoms with Crippen LogP contribution in [0.25, 0.3) is 0 Å². The summed E-state index contributed by atoms with van der Waals surface area (Å²) in [5.74, 6) is -0.126. The maximum atomic E-state index is 10.6. The molecule has 58 valence electrons. The molecule has 0 radical (unpaired) electrons. The summed E-state index contributed by atoms with van der Waals surface area (Å²) in [5.41, 5.74) is 0. The van der Waals surface area contributed by atoms with E-state index in [-0.39, 0.29) is 5.97 Å². The van der Waals surface area contributed by atoms with Crippen molar-refractivity contribution in [2.45, 2.75) is 26.2 Å². The van der Waals surface area contributed by atoms with Crippen LogP contribution in [0.15, 0.2) is 0 Å². The first-order valence-electron chi connectivity index (χ1n) is 3.40. The Morgan fingerprint density at radius 2 is 2.40 bits per heavy atom. The summed E-state index contributed by atoms with van der Waals surface area (Å²) in [6, 6.07) is 0. The summed E-state index contributed by atoms with van der Waals surface area (Å²) in [4.78, 5) is 10.6. The predicted molar refractivity (Wildman–Crippen MR) is 44.1 cm³/mol. The number of esters is 1. The topological polar surface area (TPSA) is 26.3 Å². The van der Waals surface area contributed by atoms with Crippen LogP contribution in [0.1, 0.15) is 26.2 Å². The van der Waals surface area contributed by atoms with Crippen molar-refractivity contribution in [1.29, 1.82) is 0 Å². The lowest BCUT2D eigenvalue weighted by molar-refractivity contribution is -0.143. The lowest BCUT2D eigenvalue weighted by atomic mass is 10.2. The number of rotatable bonds is 5. The summed E-state index contributed by atoms with van der Waals surface area (Å²) in [6.07, 6.45) is 2.11. The number of carbonyl (C=O) groups is 1. The van der Waals surface area contributed by atoms with Crippen LogP contribution in [0.4, 0.5) is 0 Å². The molecule has 0 aromatic carbocycles. The summed E-state index contributed by atoms with van der Waals surface area (Å²) in [5, 5.41) is 1.64. The van der Waals surface area contributed by atoms with Gasteiger partial charge in [0.05, 0.1) is 6.61 Å². The quantitative estimate of drug-likeness (QED) is 0.348. The van der Waals surface area contributed by atoms with Gasteiger partial charge in [0.25, 0.3) is 0 Å². The van der Waals surface area contributed by atoms with E-state index < -0.39 is 0 Å². The van der Waals surface area contributed by atoms with Crippen molar-refractivity contribution >= 4 is 23.6 Å². The third-order valence-corrected chi connectivity index (χ3v) is 1.24. The van der Waals surface area contributed by atoms with Gasteiger partial charge in [-0.2, -0.15) is 0 Å². The van der Waals surface area contributed by atoms with E-state index in [1.807, 2.05) is 0 Å². The number of unbranched alkanes of at least 4 members (excludes halogenated alkanes) is 1. The number of hydrogen-bond donors (Lipinski definition) is 0. The average molecular weight is 160 g/mol. The van der Waals surface area contributed by atoms with E-state index >= 15 is 0 Å². The molecule has 0 aliphatic carbocycles. The normalized spacial score (nSPS) is 8.90. The third-order valence-electron chi connectivity index (χ3n) is 1.01. The Hall–Kier alpha value is -0.440. The highest BCUT2D eigenvalue weighted by atomic mass is 32.1. The second-order valence-corrected chi connectivity index (χ2v) is 2.20. The van der Waals surface area contributed by atoms with Gasteiger partial charge in [0.15, 0.2) is 0 Å². The molecule has 3 heteroatoms. The number of thiocarbonyl (C=S) groups is 1. The summed E-state index contributed by atoms with van der Waals surface area (Å²) >= 11 is 4.59. The van der Waals surface area contributed by atoms with Crippen molar-refractivity contribution in [3.8, 4) is 0 Å².